The number of benzene rings is 2. The molecule has 4 aromatic rings. The molecule has 0 aliphatic carbocycles. The van der Waals surface area contributed by atoms with E-state index in [-0.39, 0.29) is 11.7 Å². The molecule has 2 aromatic carbocycles. The van der Waals surface area contributed by atoms with Crippen molar-refractivity contribution in [3.8, 4) is 11.5 Å². The van der Waals surface area contributed by atoms with Gasteiger partial charge in [-0.1, -0.05) is 18.2 Å². The highest BCUT2D eigenvalue weighted by atomic mass is 32.1. The molecule has 0 unspecified atom stereocenters. The standard InChI is InChI=1S/C20H15FN4O2S/c1-12-18(28-17(23-12)9-13-5-7-15(21)8-6-13)19(26)24-16-4-2-3-14(10-16)20-25-22-11-27-20/h2-8,10-11H,9H2,1H3,(H,24,26). The molecule has 140 valence electrons. The molecule has 0 spiro atoms. The Morgan fingerprint density at radius 2 is 2.04 bits per heavy atom. The number of amides is 1. The zero-order valence-electron chi connectivity index (χ0n) is 14.8. The van der Waals surface area contributed by atoms with Gasteiger partial charge in [0.05, 0.1) is 10.7 Å². The van der Waals surface area contributed by atoms with E-state index >= 15 is 0 Å². The molecule has 0 atom stereocenters. The van der Waals surface area contributed by atoms with Crippen LogP contribution in [0.2, 0.25) is 0 Å². The normalized spacial score (nSPS) is 10.8. The summed E-state index contributed by atoms with van der Waals surface area (Å²) in [5.41, 5.74) is 2.93. The van der Waals surface area contributed by atoms with Crippen LogP contribution in [0.4, 0.5) is 10.1 Å². The van der Waals surface area contributed by atoms with Crippen LogP contribution in [0.1, 0.15) is 25.9 Å². The molecule has 0 saturated carbocycles. The summed E-state index contributed by atoms with van der Waals surface area (Å²) >= 11 is 1.33. The number of nitrogens with zero attached hydrogens (tertiary/aromatic N) is 3. The smallest absolute Gasteiger partial charge is 0.267 e. The highest BCUT2D eigenvalue weighted by Crippen LogP contribution is 2.24. The second-order valence-corrected chi connectivity index (χ2v) is 7.19. The molecule has 8 heteroatoms. The monoisotopic (exact) mass is 394 g/mol. The fraction of sp³-hybridized carbons (Fsp3) is 0.100. The molecule has 0 bridgehead atoms. The molecule has 0 fully saturated rings. The number of rotatable bonds is 5. The number of carbonyl (C=O) groups excluding carboxylic acids is 1. The van der Waals surface area contributed by atoms with Gasteiger partial charge in [0.25, 0.3) is 5.91 Å². The molecule has 2 heterocycles. The van der Waals surface area contributed by atoms with Crippen LogP contribution in [0.15, 0.2) is 59.3 Å². The van der Waals surface area contributed by atoms with Crippen molar-refractivity contribution in [2.75, 3.05) is 5.32 Å². The first kappa shape index (κ1) is 18.0. The first-order valence-corrected chi connectivity index (χ1v) is 9.29. The first-order chi connectivity index (χ1) is 13.6. The quantitative estimate of drug-likeness (QED) is 0.540. The fourth-order valence-electron chi connectivity index (χ4n) is 2.73. The van der Waals surface area contributed by atoms with Gasteiger partial charge in [-0.25, -0.2) is 9.37 Å². The van der Waals surface area contributed by atoms with E-state index in [4.69, 9.17) is 4.42 Å². The predicted octanol–water partition coefficient (Wildman–Crippen LogP) is 4.48. The molecule has 1 N–H and O–H groups in total. The molecular weight excluding hydrogens is 379 g/mol. The summed E-state index contributed by atoms with van der Waals surface area (Å²) in [6, 6.07) is 13.4. The Labute approximate surface area is 164 Å². The number of hydrogen-bond acceptors (Lipinski definition) is 6. The molecule has 0 aliphatic heterocycles. The van der Waals surface area contributed by atoms with Gasteiger partial charge in [-0.3, -0.25) is 4.79 Å². The number of anilines is 1. The van der Waals surface area contributed by atoms with Crippen molar-refractivity contribution in [1.29, 1.82) is 0 Å². The van der Waals surface area contributed by atoms with Crippen molar-refractivity contribution in [2.45, 2.75) is 13.3 Å². The summed E-state index contributed by atoms with van der Waals surface area (Å²) in [5.74, 6) is -0.128. The minimum Gasteiger partial charge on any atom is -0.423 e. The number of aryl methyl sites for hydroxylation is 1. The van der Waals surface area contributed by atoms with Crippen molar-refractivity contribution in [2.24, 2.45) is 0 Å². The van der Waals surface area contributed by atoms with Crippen LogP contribution in [0.25, 0.3) is 11.5 Å². The van der Waals surface area contributed by atoms with Gasteiger partial charge < -0.3 is 9.73 Å². The largest absolute Gasteiger partial charge is 0.423 e. The van der Waals surface area contributed by atoms with Gasteiger partial charge >= 0.3 is 0 Å². The Morgan fingerprint density at radius 3 is 2.79 bits per heavy atom. The highest BCUT2D eigenvalue weighted by molar-refractivity contribution is 7.14. The summed E-state index contributed by atoms with van der Waals surface area (Å²) in [6.07, 6.45) is 1.80. The number of thiazole rings is 1. The van der Waals surface area contributed by atoms with E-state index < -0.39 is 0 Å². The van der Waals surface area contributed by atoms with Gasteiger partial charge in [-0.2, -0.15) is 0 Å². The zero-order valence-corrected chi connectivity index (χ0v) is 15.7. The van der Waals surface area contributed by atoms with E-state index in [0.717, 1.165) is 10.6 Å². The average molecular weight is 394 g/mol. The Morgan fingerprint density at radius 1 is 1.21 bits per heavy atom. The molecular formula is C20H15FN4O2S. The second-order valence-electron chi connectivity index (χ2n) is 6.10. The molecule has 1 amide bonds. The Kier molecular flexibility index (Phi) is 4.94. The fourth-order valence-corrected chi connectivity index (χ4v) is 3.73. The van der Waals surface area contributed by atoms with Crippen molar-refractivity contribution in [1.82, 2.24) is 15.2 Å². The summed E-state index contributed by atoms with van der Waals surface area (Å²) in [6.45, 7) is 1.80. The third-order valence-electron chi connectivity index (χ3n) is 4.04. The average Bonchev–Trinajstić information content (AvgIpc) is 3.34. The van der Waals surface area contributed by atoms with Gasteiger partial charge in [0.2, 0.25) is 12.3 Å². The maximum absolute atomic E-state index is 13.0. The topological polar surface area (TPSA) is 80.9 Å². The second kappa shape index (κ2) is 7.69. The van der Waals surface area contributed by atoms with E-state index in [9.17, 15) is 9.18 Å². The third kappa shape index (κ3) is 3.96. The van der Waals surface area contributed by atoms with Gasteiger partial charge in [0.15, 0.2) is 0 Å². The Hall–Kier alpha value is -3.39. The Balaban J connectivity index is 1.50. The van der Waals surface area contributed by atoms with E-state index in [1.807, 2.05) is 6.07 Å². The van der Waals surface area contributed by atoms with Crippen LogP contribution in [0, 0.1) is 12.7 Å². The molecule has 0 aliphatic rings. The Bertz CT molecular complexity index is 1110. The molecule has 4 rings (SSSR count). The third-order valence-corrected chi connectivity index (χ3v) is 5.20. The van der Waals surface area contributed by atoms with E-state index in [0.29, 0.717) is 34.1 Å². The molecule has 0 radical (unpaired) electrons. The summed E-state index contributed by atoms with van der Waals surface area (Å²) in [7, 11) is 0. The molecule has 0 saturated heterocycles. The van der Waals surface area contributed by atoms with Gasteiger partial charge in [-0.05, 0) is 42.8 Å². The lowest BCUT2D eigenvalue weighted by atomic mass is 10.1. The van der Waals surface area contributed by atoms with Crippen LogP contribution in [0.3, 0.4) is 0 Å². The lowest BCUT2D eigenvalue weighted by Crippen LogP contribution is -2.11. The molecule has 2 aromatic heterocycles. The number of halogens is 1. The maximum atomic E-state index is 13.0. The van der Waals surface area contributed by atoms with Crippen molar-refractivity contribution in [3.05, 3.63) is 81.9 Å². The maximum Gasteiger partial charge on any atom is 0.267 e. The van der Waals surface area contributed by atoms with Crippen LogP contribution in [-0.2, 0) is 6.42 Å². The summed E-state index contributed by atoms with van der Waals surface area (Å²) in [5, 5.41) is 11.2. The van der Waals surface area contributed by atoms with Crippen LogP contribution < -0.4 is 5.32 Å². The summed E-state index contributed by atoms with van der Waals surface area (Å²) < 4.78 is 18.2. The van der Waals surface area contributed by atoms with Crippen LogP contribution in [0.5, 0.6) is 0 Å². The number of aromatic nitrogens is 3. The van der Waals surface area contributed by atoms with Crippen LogP contribution in [-0.4, -0.2) is 21.1 Å². The lowest BCUT2D eigenvalue weighted by molar-refractivity contribution is 0.103. The summed E-state index contributed by atoms with van der Waals surface area (Å²) in [4.78, 5) is 17.7. The van der Waals surface area contributed by atoms with Gasteiger partial charge in [0.1, 0.15) is 10.7 Å². The van der Waals surface area contributed by atoms with Gasteiger partial charge in [0, 0.05) is 17.7 Å². The number of carbonyl (C=O) groups is 1. The predicted molar refractivity (Wildman–Crippen MR) is 104 cm³/mol. The van der Waals surface area contributed by atoms with Crippen LogP contribution >= 0.6 is 11.3 Å². The SMILES string of the molecule is Cc1nc(Cc2ccc(F)cc2)sc1C(=O)Nc1cccc(-c2nnco2)c1. The van der Waals surface area contributed by atoms with Crippen molar-refractivity contribution >= 4 is 22.9 Å². The minimum atomic E-state index is -0.276. The highest BCUT2D eigenvalue weighted by Gasteiger charge is 2.16. The van der Waals surface area contributed by atoms with Crippen molar-refractivity contribution < 1.29 is 13.6 Å². The van der Waals surface area contributed by atoms with E-state index in [2.05, 4.69) is 20.5 Å². The van der Waals surface area contributed by atoms with Gasteiger partial charge in [-0.15, -0.1) is 21.5 Å². The minimum absolute atomic E-state index is 0.233. The lowest BCUT2D eigenvalue weighted by Gasteiger charge is -2.05. The van der Waals surface area contributed by atoms with E-state index in [1.54, 1.807) is 37.3 Å². The molecule has 6 nitrogen and oxygen atoms in total. The van der Waals surface area contributed by atoms with Crippen molar-refractivity contribution in [3.63, 3.8) is 0 Å². The molecule has 28 heavy (non-hydrogen) atoms. The van der Waals surface area contributed by atoms with E-state index in [1.165, 1.54) is 29.9 Å². The number of hydrogen-bond donors (Lipinski definition) is 1. The first-order valence-electron chi connectivity index (χ1n) is 8.47. The zero-order chi connectivity index (χ0) is 19.5. The number of nitrogens with one attached hydrogen (secondary N) is 1.